The maximum atomic E-state index is 12.5. The minimum Gasteiger partial charge on any atom is -0.320 e. The highest BCUT2D eigenvalue weighted by molar-refractivity contribution is 6.03. The predicted octanol–water partition coefficient (Wildman–Crippen LogP) is 3.34. The van der Waals surface area contributed by atoms with Crippen LogP contribution in [0.25, 0.3) is 5.69 Å². The molecule has 0 fully saturated rings. The quantitative estimate of drug-likeness (QED) is 0.589. The van der Waals surface area contributed by atoms with E-state index < -0.39 is 10.8 Å². The van der Waals surface area contributed by atoms with E-state index in [9.17, 15) is 14.9 Å². The van der Waals surface area contributed by atoms with Gasteiger partial charge in [0.25, 0.3) is 11.6 Å². The Morgan fingerprint density at radius 2 is 1.96 bits per heavy atom. The molecule has 0 radical (unpaired) electrons. The molecule has 0 saturated heterocycles. The predicted molar refractivity (Wildman–Crippen MR) is 89.4 cm³/mol. The van der Waals surface area contributed by atoms with Gasteiger partial charge in [0.15, 0.2) is 0 Å². The Bertz CT molecular complexity index is 903. The van der Waals surface area contributed by atoms with Gasteiger partial charge in [-0.2, -0.15) is 0 Å². The van der Waals surface area contributed by atoms with Crippen molar-refractivity contribution in [1.29, 1.82) is 0 Å². The molecule has 1 N–H and O–H groups in total. The number of para-hydroxylation sites is 1. The lowest BCUT2D eigenvalue weighted by atomic mass is 10.2. The summed E-state index contributed by atoms with van der Waals surface area (Å²) in [6.07, 6.45) is 2.99. The fourth-order valence-electron chi connectivity index (χ4n) is 2.34. The lowest BCUT2D eigenvalue weighted by molar-refractivity contribution is -0.385. The molecule has 7 heteroatoms. The summed E-state index contributed by atoms with van der Waals surface area (Å²) in [6.45, 7) is 1.65. The Morgan fingerprint density at radius 3 is 2.67 bits per heavy atom. The third-order valence-corrected chi connectivity index (χ3v) is 3.57. The van der Waals surface area contributed by atoms with Crippen molar-refractivity contribution in [2.75, 3.05) is 5.32 Å². The summed E-state index contributed by atoms with van der Waals surface area (Å²) in [5.74, 6) is -0.394. The molecule has 0 aliphatic rings. The third-order valence-electron chi connectivity index (χ3n) is 3.57. The summed E-state index contributed by atoms with van der Waals surface area (Å²) < 4.78 is 1.65. The van der Waals surface area contributed by atoms with Crippen molar-refractivity contribution in [2.24, 2.45) is 0 Å². The zero-order chi connectivity index (χ0) is 17.1. The molecule has 0 atom stereocenters. The molecule has 3 rings (SSSR count). The first-order chi connectivity index (χ1) is 11.6. The van der Waals surface area contributed by atoms with Crippen LogP contribution in [0.4, 0.5) is 11.4 Å². The number of imidazole rings is 1. The number of aryl methyl sites for hydroxylation is 1. The van der Waals surface area contributed by atoms with Crippen LogP contribution in [0.5, 0.6) is 0 Å². The van der Waals surface area contributed by atoms with Crippen LogP contribution in [-0.2, 0) is 0 Å². The third kappa shape index (κ3) is 3.00. The van der Waals surface area contributed by atoms with E-state index in [1.54, 1.807) is 30.0 Å². The van der Waals surface area contributed by atoms with E-state index in [0.29, 0.717) is 16.9 Å². The average Bonchev–Trinajstić information content (AvgIpc) is 3.07. The first-order valence-electron chi connectivity index (χ1n) is 7.20. The highest BCUT2D eigenvalue weighted by Gasteiger charge is 2.16. The zero-order valence-electron chi connectivity index (χ0n) is 12.8. The van der Waals surface area contributed by atoms with Crippen molar-refractivity contribution in [3.8, 4) is 5.69 Å². The Kier molecular flexibility index (Phi) is 4.07. The summed E-state index contributed by atoms with van der Waals surface area (Å²) >= 11 is 0. The molecule has 7 nitrogen and oxygen atoms in total. The van der Waals surface area contributed by atoms with Crippen molar-refractivity contribution in [3.05, 3.63) is 82.4 Å². The number of nitro benzene ring substituents is 1. The lowest BCUT2D eigenvalue weighted by Gasteiger charge is -2.09. The Labute approximate surface area is 137 Å². The van der Waals surface area contributed by atoms with Crippen LogP contribution in [-0.4, -0.2) is 20.4 Å². The molecule has 0 spiro atoms. The van der Waals surface area contributed by atoms with Gasteiger partial charge in [0.1, 0.15) is 5.69 Å². The first kappa shape index (κ1) is 15.4. The number of nitrogens with one attached hydrogen (secondary N) is 1. The van der Waals surface area contributed by atoms with Crippen LogP contribution >= 0.6 is 0 Å². The van der Waals surface area contributed by atoms with Crippen molar-refractivity contribution in [1.82, 2.24) is 9.55 Å². The number of benzene rings is 2. The fourth-order valence-corrected chi connectivity index (χ4v) is 2.34. The molecule has 0 saturated carbocycles. The topological polar surface area (TPSA) is 90.1 Å². The van der Waals surface area contributed by atoms with Gasteiger partial charge in [0, 0.05) is 23.0 Å². The van der Waals surface area contributed by atoms with Gasteiger partial charge in [0.05, 0.1) is 17.4 Å². The number of carbonyl (C=O) groups excluding carboxylic acids is 1. The molecule has 1 amide bonds. The number of rotatable bonds is 4. The van der Waals surface area contributed by atoms with E-state index in [1.807, 2.05) is 30.3 Å². The summed E-state index contributed by atoms with van der Waals surface area (Å²) in [7, 11) is 0. The summed E-state index contributed by atoms with van der Waals surface area (Å²) in [6, 6.07) is 13.9. The number of anilines is 1. The van der Waals surface area contributed by atoms with Crippen molar-refractivity contribution >= 4 is 17.3 Å². The SMILES string of the molecule is Cc1ccc(NC(=O)c2cncn2-c2ccccc2)cc1[N+](=O)[O-]. The van der Waals surface area contributed by atoms with Gasteiger partial charge in [-0.05, 0) is 25.1 Å². The van der Waals surface area contributed by atoms with Crippen LogP contribution in [0.3, 0.4) is 0 Å². The molecule has 3 aromatic rings. The van der Waals surface area contributed by atoms with Gasteiger partial charge in [-0.15, -0.1) is 0 Å². The molecule has 24 heavy (non-hydrogen) atoms. The van der Waals surface area contributed by atoms with Gasteiger partial charge in [-0.25, -0.2) is 4.98 Å². The van der Waals surface area contributed by atoms with Crippen molar-refractivity contribution < 1.29 is 9.72 Å². The summed E-state index contributed by atoms with van der Waals surface area (Å²) in [5.41, 5.74) is 1.99. The second-order valence-corrected chi connectivity index (χ2v) is 5.20. The van der Waals surface area contributed by atoms with Gasteiger partial charge < -0.3 is 5.32 Å². The van der Waals surface area contributed by atoms with Gasteiger partial charge in [0.2, 0.25) is 0 Å². The second kappa shape index (κ2) is 6.33. The van der Waals surface area contributed by atoms with E-state index in [4.69, 9.17) is 0 Å². The normalized spacial score (nSPS) is 10.4. The maximum Gasteiger partial charge on any atom is 0.274 e. The Hall–Kier alpha value is -3.48. The number of nitrogens with zero attached hydrogens (tertiary/aromatic N) is 3. The zero-order valence-corrected chi connectivity index (χ0v) is 12.8. The average molecular weight is 322 g/mol. The highest BCUT2D eigenvalue weighted by Crippen LogP contribution is 2.23. The van der Waals surface area contributed by atoms with Crippen LogP contribution in [0.1, 0.15) is 16.1 Å². The minimum atomic E-state index is -0.473. The Morgan fingerprint density at radius 1 is 1.21 bits per heavy atom. The number of hydrogen-bond donors (Lipinski definition) is 1. The van der Waals surface area contributed by atoms with Crippen LogP contribution in [0, 0.1) is 17.0 Å². The number of amides is 1. The molecular weight excluding hydrogens is 308 g/mol. The molecule has 0 aliphatic carbocycles. The summed E-state index contributed by atoms with van der Waals surface area (Å²) in [4.78, 5) is 27.0. The molecule has 1 heterocycles. The van der Waals surface area contributed by atoms with Gasteiger partial charge in [-0.1, -0.05) is 24.3 Å². The molecule has 1 aromatic heterocycles. The van der Waals surface area contributed by atoms with Gasteiger partial charge >= 0.3 is 0 Å². The van der Waals surface area contributed by atoms with Crippen LogP contribution in [0.15, 0.2) is 61.1 Å². The molecule has 0 aliphatic heterocycles. The van der Waals surface area contributed by atoms with E-state index >= 15 is 0 Å². The molecule has 0 unspecified atom stereocenters. The highest BCUT2D eigenvalue weighted by atomic mass is 16.6. The second-order valence-electron chi connectivity index (χ2n) is 5.20. The number of hydrogen-bond acceptors (Lipinski definition) is 4. The van der Waals surface area contributed by atoms with Crippen LogP contribution in [0.2, 0.25) is 0 Å². The van der Waals surface area contributed by atoms with E-state index in [2.05, 4.69) is 10.3 Å². The monoisotopic (exact) mass is 322 g/mol. The summed E-state index contributed by atoms with van der Waals surface area (Å²) in [5, 5.41) is 13.7. The molecule has 0 bridgehead atoms. The standard InChI is InChI=1S/C17H14N4O3/c1-12-7-8-13(9-15(12)21(23)24)19-17(22)16-10-18-11-20(16)14-5-3-2-4-6-14/h2-11H,1H3,(H,19,22). The number of carbonyl (C=O) groups is 1. The van der Waals surface area contributed by atoms with E-state index in [0.717, 1.165) is 5.69 Å². The van der Waals surface area contributed by atoms with E-state index in [1.165, 1.54) is 12.3 Å². The molecule has 120 valence electrons. The molecular formula is C17H14N4O3. The van der Waals surface area contributed by atoms with Crippen molar-refractivity contribution in [3.63, 3.8) is 0 Å². The maximum absolute atomic E-state index is 12.5. The first-order valence-corrected chi connectivity index (χ1v) is 7.20. The minimum absolute atomic E-state index is 0.0376. The smallest absolute Gasteiger partial charge is 0.274 e. The number of nitro groups is 1. The van der Waals surface area contributed by atoms with Gasteiger partial charge in [-0.3, -0.25) is 19.5 Å². The number of aromatic nitrogens is 2. The largest absolute Gasteiger partial charge is 0.320 e. The molecule has 2 aromatic carbocycles. The Balaban J connectivity index is 1.88. The fraction of sp³-hybridized carbons (Fsp3) is 0.0588. The van der Waals surface area contributed by atoms with E-state index in [-0.39, 0.29) is 5.69 Å². The van der Waals surface area contributed by atoms with Crippen molar-refractivity contribution in [2.45, 2.75) is 6.92 Å². The lowest BCUT2D eigenvalue weighted by Crippen LogP contribution is -2.16. The van der Waals surface area contributed by atoms with Crippen LogP contribution < -0.4 is 5.32 Å².